The first-order valence-corrected chi connectivity index (χ1v) is 8.53. The Kier molecular flexibility index (Phi) is 6.04. The van der Waals surface area contributed by atoms with E-state index in [1.165, 1.54) is 11.8 Å². The quantitative estimate of drug-likeness (QED) is 0.452. The fourth-order valence-corrected chi connectivity index (χ4v) is 3.25. The fourth-order valence-electron chi connectivity index (χ4n) is 1.80. The van der Waals surface area contributed by atoms with Crippen molar-refractivity contribution in [2.24, 2.45) is 0 Å². The highest BCUT2D eigenvalue weighted by Crippen LogP contribution is 2.39. The first-order chi connectivity index (χ1) is 10.4. The summed E-state index contributed by atoms with van der Waals surface area (Å²) in [5.74, 6) is -0.275. The molecule has 6 heteroatoms. The molecule has 0 bridgehead atoms. The molecule has 0 aliphatic heterocycles. The topological polar surface area (TPSA) is 29.1 Å². The first-order valence-electron chi connectivity index (χ1n) is 6.52. The highest BCUT2D eigenvalue weighted by molar-refractivity contribution is 8.00. The van der Waals surface area contributed by atoms with Crippen molar-refractivity contribution in [1.82, 2.24) is 5.32 Å². The van der Waals surface area contributed by atoms with Gasteiger partial charge in [-0.1, -0.05) is 82.5 Å². The zero-order chi connectivity index (χ0) is 16.2. The van der Waals surface area contributed by atoms with Crippen molar-refractivity contribution in [2.75, 3.05) is 0 Å². The van der Waals surface area contributed by atoms with Crippen molar-refractivity contribution < 1.29 is 4.79 Å². The third kappa shape index (κ3) is 5.10. The molecule has 1 N–H and O–H groups in total. The van der Waals surface area contributed by atoms with Gasteiger partial charge in [-0.25, -0.2) is 0 Å². The number of carbonyl (C=O) groups excluding carboxylic acids is 1. The number of thioether (sulfide) groups is 1. The number of alkyl halides is 3. The highest BCUT2D eigenvalue weighted by Gasteiger charge is 2.35. The lowest BCUT2D eigenvalue weighted by atomic mass is 10.1. The maximum atomic E-state index is 12.3. The molecule has 0 radical (unpaired) electrons. The lowest BCUT2D eigenvalue weighted by molar-refractivity contribution is 0.0950. The summed E-state index contributed by atoms with van der Waals surface area (Å²) in [5.41, 5.74) is 1.53. The number of hydrogen-bond donors (Lipinski definition) is 1. The van der Waals surface area contributed by atoms with Gasteiger partial charge in [-0.15, -0.1) is 0 Å². The third-order valence-corrected chi connectivity index (χ3v) is 5.13. The van der Waals surface area contributed by atoms with Crippen LogP contribution in [0.4, 0.5) is 0 Å². The molecule has 1 unspecified atom stereocenters. The van der Waals surface area contributed by atoms with Crippen LogP contribution >= 0.6 is 46.6 Å². The van der Waals surface area contributed by atoms with Crippen molar-refractivity contribution in [3.8, 4) is 0 Å². The van der Waals surface area contributed by atoms with Gasteiger partial charge >= 0.3 is 0 Å². The normalized spacial score (nSPS) is 12.7. The molecular weight excluding hydrogens is 361 g/mol. The Morgan fingerprint density at radius 2 is 1.77 bits per heavy atom. The van der Waals surface area contributed by atoms with Crippen LogP contribution in [0.15, 0.2) is 59.5 Å². The van der Waals surface area contributed by atoms with Gasteiger partial charge in [0.15, 0.2) is 0 Å². The minimum Gasteiger partial charge on any atom is -0.336 e. The Bertz CT molecular complexity index is 643. The van der Waals surface area contributed by atoms with E-state index in [9.17, 15) is 4.79 Å². The number of nitrogens with one attached hydrogen (secondary N) is 1. The molecule has 2 aromatic rings. The van der Waals surface area contributed by atoms with Gasteiger partial charge in [-0.3, -0.25) is 4.79 Å². The summed E-state index contributed by atoms with van der Waals surface area (Å²) in [7, 11) is 0. The Morgan fingerprint density at radius 1 is 1.09 bits per heavy atom. The smallest absolute Gasteiger partial charge is 0.252 e. The van der Waals surface area contributed by atoms with E-state index in [1.54, 1.807) is 12.1 Å². The molecule has 0 aromatic heterocycles. The standard InChI is InChI=1S/C16H14Cl3NOS/c1-11-6-5-7-12(10-11)14(21)20-15(16(17,18)19)22-13-8-3-2-4-9-13/h2-10,15H,1H3,(H,20,21). The van der Waals surface area contributed by atoms with Gasteiger partial charge in [0.25, 0.3) is 5.91 Å². The molecule has 2 rings (SSSR count). The minimum atomic E-state index is -1.63. The number of carbonyl (C=O) groups is 1. The van der Waals surface area contributed by atoms with E-state index in [2.05, 4.69) is 5.32 Å². The van der Waals surface area contributed by atoms with Crippen LogP contribution in [0.3, 0.4) is 0 Å². The summed E-state index contributed by atoms with van der Waals surface area (Å²) in [6, 6.07) is 16.7. The summed E-state index contributed by atoms with van der Waals surface area (Å²) < 4.78 is -1.63. The molecule has 0 fully saturated rings. The average molecular weight is 375 g/mol. The van der Waals surface area contributed by atoms with Gasteiger partial charge in [0.2, 0.25) is 3.79 Å². The molecule has 1 atom stereocenters. The SMILES string of the molecule is Cc1cccc(C(=O)NC(Sc2ccccc2)C(Cl)(Cl)Cl)c1. The van der Waals surface area contributed by atoms with Crippen molar-refractivity contribution in [2.45, 2.75) is 21.0 Å². The predicted molar refractivity (Wildman–Crippen MR) is 95.0 cm³/mol. The van der Waals surface area contributed by atoms with Gasteiger partial charge in [0.05, 0.1) is 0 Å². The average Bonchev–Trinajstić information content (AvgIpc) is 2.46. The summed E-state index contributed by atoms with van der Waals surface area (Å²) in [6.07, 6.45) is 0. The minimum absolute atomic E-state index is 0.275. The molecule has 0 saturated heterocycles. The number of amides is 1. The number of halogens is 3. The van der Waals surface area contributed by atoms with E-state index in [4.69, 9.17) is 34.8 Å². The molecule has 116 valence electrons. The maximum absolute atomic E-state index is 12.3. The largest absolute Gasteiger partial charge is 0.336 e. The van der Waals surface area contributed by atoms with Crippen LogP contribution in [0.25, 0.3) is 0 Å². The Hall–Kier alpha value is -0.870. The van der Waals surface area contributed by atoms with E-state index < -0.39 is 9.17 Å². The molecular formula is C16H14Cl3NOS. The number of benzene rings is 2. The van der Waals surface area contributed by atoms with Crippen LogP contribution in [0, 0.1) is 6.92 Å². The lowest BCUT2D eigenvalue weighted by Gasteiger charge is -2.25. The molecule has 1 amide bonds. The maximum Gasteiger partial charge on any atom is 0.252 e. The number of hydrogen-bond acceptors (Lipinski definition) is 2. The van der Waals surface area contributed by atoms with Gasteiger partial charge < -0.3 is 5.32 Å². The fraction of sp³-hybridized carbons (Fsp3) is 0.188. The van der Waals surface area contributed by atoms with Crippen LogP contribution in [0.5, 0.6) is 0 Å². The highest BCUT2D eigenvalue weighted by atomic mass is 35.6. The summed E-state index contributed by atoms with van der Waals surface area (Å²) in [4.78, 5) is 13.2. The van der Waals surface area contributed by atoms with E-state index >= 15 is 0 Å². The Balaban J connectivity index is 2.15. The van der Waals surface area contributed by atoms with Gasteiger partial charge in [-0.2, -0.15) is 0 Å². The molecule has 2 aromatic carbocycles. The Labute approximate surface area is 149 Å². The second-order valence-electron chi connectivity index (χ2n) is 4.70. The van der Waals surface area contributed by atoms with E-state index in [0.717, 1.165) is 10.5 Å². The van der Waals surface area contributed by atoms with E-state index in [1.807, 2.05) is 49.4 Å². The second-order valence-corrected chi connectivity index (χ2v) is 8.24. The molecule has 0 aliphatic carbocycles. The van der Waals surface area contributed by atoms with E-state index in [0.29, 0.717) is 5.56 Å². The van der Waals surface area contributed by atoms with Crippen LogP contribution in [-0.2, 0) is 0 Å². The van der Waals surface area contributed by atoms with Crippen LogP contribution in [0.1, 0.15) is 15.9 Å². The first kappa shape index (κ1) is 17.5. The summed E-state index contributed by atoms with van der Waals surface area (Å²) in [6.45, 7) is 1.92. The Morgan fingerprint density at radius 3 is 2.36 bits per heavy atom. The predicted octanol–water partition coefficient (Wildman–Crippen LogP) is 5.21. The van der Waals surface area contributed by atoms with Crippen molar-refractivity contribution in [3.63, 3.8) is 0 Å². The zero-order valence-corrected chi connectivity index (χ0v) is 14.8. The molecule has 0 aliphatic rings. The van der Waals surface area contributed by atoms with Crippen LogP contribution in [-0.4, -0.2) is 15.1 Å². The van der Waals surface area contributed by atoms with Crippen molar-refractivity contribution in [1.29, 1.82) is 0 Å². The lowest BCUT2D eigenvalue weighted by Crippen LogP contribution is -2.41. The molecule has 22 heavy (non-hydrogen) atoms. The van der Waals surface area contributed by atoms with Gasteiger partial charge in [-0.05, 0) is 31.2 Å². The van der Waals surface area contributed by atoms with E-state index in [-0.39, 0.29) is 5.91 Å². The summed E-state index contributed by atoms with van der Waals surface area (Å²) in [5, 5.41) is 2.08. The summed E-state index contributed by atoms with van der Waals surface area (Å²) >= 11 is 19.3. The molecule has 0 heterocycles. The third-order valence-electron chi connectivity index (χ3n) is 2.84. The molecule has 2 nitrogen and oxygen atoms in total. The van der Waals surface area contributed by atoms with Gasteiger partial charge in [0, 0.05) is 10.5 Å². The number of rotatable bonds is 4. The monoisotopic (exact) mass is 373 g/mol. The molecule has 0 saturated carbocycles. The second kappa shape index (κ2) is 7.60. The number of aryl methyl sites for hydroxylation is 1. The van der Waals surface area contributed by atoms with Crippen LogP contribution < -0.4 is 5.32 Å². The molecule has 0 spiro atoms. The van der Waals surface area contributed by atoms with Crippen LogP contribution in [0.2, 0.25) is 0 Å². The van der Waals surface area contributed by atoms with Crippen molar-refractivity contribution >= 4 is 52.5 Å². The van der Waals surface area contributed by atoms with Crippen molar-refractivity contribution in [3.05, 3.63) is 65.7 Å². The zero-order valence-electron chi connectivity index (χ0n) is 11.7. The van der Waals surface area contributed by atoms with Gasteiger partial charge in [0.1, 0.15) is 5.37 Å².